The molecule has 0 spiro atoms. The first-order chi connectivity index (χ1) is 18.8. The Morgan fingerprint density at radius 1 is 0.897 bits per heavy atom. The summed E-state index contributed by atoms with van der Waals surface area (Å²) in [4.78, 5) is 17.7. The van der Waals surface area contributed by atoms with Crippen molar-refractivity contribution in [2.75, 3.05) is 11.9 Å². The fourth-order valence-corrected chi connectivity index (χ4v) is 4.97. The first kappa shape index (κ1) is 26.7. The molecular formula is C32H26Cl2N2O3. The minimum atomic E-state index is -1.60. The first-order valence-electron chi connectivity index (χ1n) is 12.5. The van der Waals surface area contributed by atoms with Crippen LogP contribution < -0.4 is 5.32 Å². The average molecular weight is 557 g/mol. The van der Waals surface area contributed by atoms with E-state index >= 15 is 0 Å². The van der Waals surface area contributed by atoms with Crippen LogP contribution >= 0.6 is 23.2 Å². The van der Waals surface area contributed by atoms with E-state index in [1.54, 1.807) is 55.5 Å². The number of esters is 1. The third-order valence-corrected chi connectivity index (χ3v) is 7.22. The van der Waals surface area contributed by atoms with Gasteiger partial charge in [0.05, 0.1) is 17.8 Å². The molecule has 0 unspecified atom stereocenters. The van der Waals surface area contributed by atoms with Gasteiger partial charge in [-0.05, 0) is 60.9 Å². The molecule has 0 aliphatic heterocycles. The molecule has 1 heterocycles. The number of aromatic nitrogens is 1. The first-order valence-corrected chi connectivity index (χ1v) is 13.2. The summed E-state index contributed by atoms with van der Waals surface area (Å²) in [6, 6.07) is 27.4. The number of benzene rings is 4. The predicted octanol–water partition coefficient (Wildman–Crippen LogP) is 8.05. The van der Waals surface area contributed by atoms with Gasteiger partial charge in [-0.2, -0.15) is 0 Å². The molecule has 1 aromatic heterocycles. The highest BCUT2D eigenvalue weighted by atomic mass is 35.5. The highest BCUT2D eigenvalue weighted by Gasteiger charge is 2.36. The van der Waals surface area contributed by atoms with Gasteiger partial charge in [0, 0.05) is 32.9 Å². The summed E-state index contributed by atoms with van der Waals surface area (Å²) in [6.07, 6.45) is 1.49. The zero-order chi connectivity index (χ0) is 27.6. The number of pyridine rings is 1. The quantitative estimate of drug-likeness (QED) is 0.157. The lowest BCUT2D eigenvalue weighted by Crippen LogP contribution is -2.29. The molecule has 0 amide bonds. The Bertz CT molecular complexity index is 1610. The molecule has 0 bridgehead atoms. The number of anilines is 2. The molecule has 0 atom stereocenters. The number of hydrogen-bond donors (Lipinski definition) is 2. The summed E-state index contributed by atoms with van der Waals surface area (Å²) in [5.74, 6) is -0.487. The molecular weight excluding hydrogens is 531 g/mol. The smallest absolute Gasteiger partial charge is 0.341 e. The minimum absolute atomic E-state index is 0.230. The number of hydrogen-bond acceptors (Lipinski definition) is 5. The molecule has 0 fully saturated rings. The number of ether oxygens (including phenoxy) is 1. The summed E-state index contributed by atoms with van der Waals surface area (Å²) in [5.41, 5.74) is 3.35. The number of halogens is 2. The largest absolute Gasteiger partial charge is 0.462 e. The van der Waals surface area contributed by atoms with Gasteiger partial charge >= 0.3 is 5.97 Å². The molecule has 2 N–H and O–H groups in total. The van der Waals surface area contributed by atoms with Crippen molar-refractivity contribution in [2.24, 2.45) is 0 Å². The van der Waals surface area contributed by atoms with E-state index in [-0.39, 0.29) is 6.61 Å². The van der Waals surface area contributed by atoms with Crippen LogP contribution in [0.5, 0.6) is 0 Å². The fraction of sp³-hybridized carbons (Fsp3) is 0.125. The number of fused-ring (bicyclic) bond motifs is 1. The van der Waals surface area contributed by atoms with Crippen molar-refractivity contribution in [3.05, 3.63) is 135 Å². The van der Waals surface area contributed by atoms with Crippen LogP contribution in [0.1, 0.15) is 39.5 Å². The average Bonchev–Trinajstić information content (AvgIpc) is 2.94. The van der Waals surface area contributed by atoms with Crippen molar-refractivity contribution in [3.8, 4) is 0 Å². The van der Waals surface area contributed by atoms with Gasteiger partial charge in [-0.25, -0.2) is 4.79 Å². The summed E-state index contributed by atoms with van der Waals surface area (Å²) in [7, 11) is 0. The SMILES string of the molecule is CCOC(=O)c1cnc2c(C(O)(c3ccc(Cl)cc3)c3ccc(Cl)cc3)cccc2c1Nc1ccccc1C. The number of rotatable bonds is 7. The molecule has 5 rings (SSSR count). The molecule has 7 heteroatoms. The predicted molar refractivity (Wildman–Crippen MR) is 157 cm³/mol. The van der Waals surface area contributed by atoms with Gasteiger partial charge in [-0.3, -0.25) is 4.98 Å². The summed E-state index contributed by atoms with van der Waals surface area (Å²) in [6.45, 7) is 3.98. The van der Waals surface area contributed by atoms with Crippen LogP contribution in [0.4, 0.5) is 11.4 Å². The van der Waals surface area contributed by atoms with Crippen LogP contribution in [-0.4, -0.2) is 22.7 Å². The second-order valence-electron chi connectivity index (χ2n) is 9.13. The molecule has 0 aliphatic carbocycles. The summed E-state index contributed by atoms with van der Waals surface area (Å²) >= 11 is 12.4. The number of aryl methyl sites for hydroxylation is 1. The van der Waals surface area contributed by atoms with Crippen molar-refractivity contribution in [3.63, 3.8) is 0 Å². The van der Waals surface area contributed by atoms with Crippen LogP contribution in [0.3, 0.4) is 0 Å². The molecule has 5 aromatic rings. The number of carbonyl (C=O) groups is 1. The maximum atomic E-state index is 13.0. The standard InChI is InChI=1S/C32H26Cl2N2O3/c1-3-39-31(37)26-19-35-30-25(29(26)36-28-10-5-4-7-20(28)2)8-6-9-27(30)32(38,21-11-15-23(33)16-12-21)22-13-17-24(34)18-14-22/h4-19,38H,3H2,1-2H3,(H,35,36). The van der Waals surface area contributed by atoms with Crippen molar-refractivity contribution in [1.82, 2.24) is 4.98 Å². The van der Waals surface area contributed by atoms with E-state index in [1.807, 2.05) is 49.4 Å². The Hall–Kier alpha value is -3.90. The van der Waals surface area contributed by atoms with E-state index in [0.29, 0.717) is 48.9 Å². The summed E-state index contributed by atoms with van der Waals surface area (Å²) in [5, 5.41) is 17.8. The Morgan fingerprint density at radius 3 is 2.10 bits per heavy atom. The van der Waals surface area contributed by atoms with Gasteiger partial charge in [0.2, 0.25) is 0 Å². The van der Waals surface area contributed by atoms with Crippen molar-refractivity contribution in [1.29, 1.82) is 0 Å². The van der Waals surface area contributed by atoms with Gasteiger partial charge in [-0.1, -0.05) is 83.9 Å². The second-order valence-corrected chi connectivity index (χ2v) is 10.0. The van der Waals surface area contributed by atoms with Gasteiger partial charge in [0.25, 0.3) is 0 Å². The van der Waals surface area contributed by atoms with E-state index in [9.17, 15) is 9.90 Å². The molecule has 5 nitrogen and oxygen atoms in total. The molecule has 0 radical (unpaired) electrons. The van der Waals surface area contributed by atoms with Crippen LogP contribution in [-0.2, 0) is 10.3 Å². The lowest BCUT2D eigenvalue weighted by molar-refractivity contribution is 0.0527. The Morgan fingerprint density at radius 2 is 1.51 bits per heavy atom. The maximum absolute atomic E-state index is 13.0. The van der Waals surface area contributed by atoms with E-state index in [0.717, 1.165) is 11.3 Å². The molecule has 0 saturated heterocycles. The van der Waals surface area contributed by atoms with Gasteiger partial charge < -0.3 is 15.2 Å². The van der Waals surface area contributed by atoms with Crippen molar-refractivity contribution >= 4 is 51.4 Å². The topological polar surface area (TPSA) is 71.5 Å². The number of aliphatic hydroxyl groups is 1. The monoisotopic (exact) mass is 556 g/mol. The van der Waals surface area contributed by atoms with E-state index < -0.39 is 11.6 Å². The summed E-state index contributed by atoms with van der Waals surface area (Å²) < 4.78 is 5.35. The third-order valence-electron chi connectivity index (χ3n) is 6.71. The number of para-hydroxylation sites is 2. The van der Waals surface area contributed by atoms with E-state index in [1.165, 1.54) is 6.20 Å². The van der Waals surface area contributed by atoms with Crippen LogP contribution in [0, 0.1) is 6.92 Å². The van der Waals surface area contributed by atoms with Gasteiger partial charge in [0.15, 0.2) is 0 Å². The van der Waals surface area contributed by atoms with Gasteiger partial charge in [-0.15, -0.1) is 0 Å². The Labute approximate surface area is 237 Å². The normalized spacial score (nSPS) is 11.4. The molecule has 196 valence electrons. The van der Waals surface area contributed by atoms with Gasteiger partial charge in [0.1, 0.15) is 11.2 Å². The highest BCUT2D eigenvalue weighted by molar-refractivity contribution is 6.30. The zero-order valence-corrected chi connectivity index (χ0v) is 22.9. The fourth-order valence-electron chi connectivity index (χ4n) is 4.72. The van der Waals surface area contributed by atoms with Crippen LogP contribution in [0.15, 0.2) is 97.2 Å². The lowest BCUT2D eigenvalue weighted by Gasteiger charge is -2.31. The van der Waals surface area contributed by atoms with Crippen LogP contribution in [0.25, 0.3) is 10.9 Å². The van der Waals surface area contributed by atoms with E-state index in [4.69, 9.17) is 32.9 Å². The van der Waals surface area contributed by atoms with Crippen LogP contribution in [0.2, 0.25) is 10.0 Å². The molecule has 4 aromatic carbocycles. The minimum Gasteiger partial charge on any atom is -0.462 e. The number of nitrogens with zero attached hydrogens (tertiary/aromatic N) is 1. The molecule has 39 heavy (non-hydrogen) atoms. The molecule has 0 saturated carbocycles. The lowest BCUT2D eigenvalue weighted by atomic mass is 9.79. The number of nitrogens with one attached hydrogen (secondary N) is 1. The third kappa shape index (κ3) is 5.09. The van der Waals surface area contributed by atoms with Crippen molar-refractivity contribution < 1.29 is 14.6 Å². The second kappa shape index (κ2) is 11.1. The maximum Gasteiger partial charge on any atom is 0.341 e. The highest BCUT2D eigenvalue weighted by Crippen LogP contribution is 2.42. The Kier molecular flexibility index (Phi) is 7.58. The zero-order valence-electron chi connectivity index (χ0n) is 21.4. The molecule has 0 aliphatic rings. The number of carbonyl (C=O) groups excluding carboxylic acids is 1. The Balaban J connectivity index is 1.80. The van der Waals surface area contributed by atoms with E-state index in [2.05, 4.69) is 5.32 Å². The van der Waals surface area contributed by atoms with Crippen molar-refractivity contribution in [2.45, 2.75) is 19.4 Å².